The quantitative estimate of drug-likeness (QED) is 0.567. The summed E-state index contributed by atoms with van der Waals surface area (Å²) in [6.07, 6.45) is 1.06. The number of hydrogen-bond acceptors (Lipinski definition) is 2. The van der Waals surface area contributed by atoms with E-state index in [1.54, 1.807) is 0 Å². The average molecular weight is 274 g/mol. The van der Waals surface area contributed by atoms with E-state index in [9.17, 15) is 0 Å². The average Bonchev–Trinajstić information content (AvgIpc) is 2.06. The first-order valence-corrected chi connectivity index (χ1v) is 5.44. The molecule has 0 aromatic rings. The minimum Gasteiger partial charge on any atom is -0.237 e. The van der Waals surface area contributed by atoms with Crippen molar-refractivity contribution in [1.29, 1.82) is 0 Å². The largest absolute Gasteiger partial charge is 0.237 e. The van der Waals surface area contributed by atoms with Crippen LogP contribution in [0.15, 0.2) is 0 Å². The second-order valence-corrected chi connectivity index (χ2v) is 3.72. The molecule has 10 heavy (non-hydrogen) atoms. The molecule has 0 unspecified atom stereocenters. The Labute approximate surface area is 77.4 Å². The Morgan fingerprint density at radius 1 is 1.20 bits per heavy atom. The highest BCUT2D eigenvalue weighted by Gasteiger charge is 2.31. The van der Waals surface area contributed by atoms with Crippen LogP contribution < -0.4 is 0 Å². The van der Waals surface area contributed by atoms with Crippen molar-refractivity contribution in [2.24, 2.45) is 5.41 Å². The number of rotatable bonds is 2. The third kappa shape index (κ3) is 1.94. The number of halogens is 2. The summed E-state index contributed by atoms with van der Waals surface area (Å²) in [6, 6.07) is 0. The van der Waals surface area contributed by atoms with Crippen LogP contribution in [0.4, 0.5) is 0 Å². The highest BCUT2D eigenvalue weighted by atomic mass is 79.9. The SMILES string of the molecule is BrCC1(CBr)CCOOC1. The van der Waals surface area contributed by atoms with Crippen molar-refractivity contribution in [2.75, 3.05) is 23.9 Å². The van der Waals surface area contributed by atoms with Crippen molar-refractivity contribution in [3.05, 3.63) is 0 Å². The summed E-state index contributed by atoms with van der Waals surface area (Å²) in [5.74, 6) is 0. The Kier molecular flexibility index (Phi) is 3.63. The van der Waals surface area contributed by atoms with Crippen LogP contribution in [-0.2, 0) is 9.78 Å². The summed E-state index contributed by atoms with van der Waals surface area (Å²) in [6.45, 7) is 1.39. The van der Waals surface area contributed by atoms with Gasteiger partial charge in [0.1, 0.15) is 0 Å². The Morgan fingerprint density at radius 2 is 1.90 bits per heavy atom. The minimum absolute atomic E-state index is 0.248. The van der Waals surface area contributed by atoms with E-state index in [1.807, 2.05) is 0 Å². The topological polar surface area (TPSA) is 18.5 Å². The lowest BCUT2D eigenvalue weighted by Crippen LogP contribution is -2.36. The molecule has 0 saturated carbocycles. The van der Waals surface area contributed by atoms with Crippen LogP contribution in [0.2, 0.25) is 0 Å². The molecular formula is C6H10Br2O2. The summed E-state index contributed by atoms with van der Waals surface area (Å²) < 4.78 is 0. The van der Waals surface area contributed by atoms with Crippen LogP contribution in [0.3, 0.4) is 0 Å². The van der Waals surface area contributed by atoms with E-state index >= 15 is 0 Å². The van der Waals surface area contributed by atoms with Crippen molar-refractivity contribution < 1.29 is 9.78 Å². The van der Waals surface area contributed by atoms with Gasteiger partial charge in [-0.15, -0.1) is 0 Å². The number of alkyl halides is 2. The summed E-state index contributed by atoms with van der Waals surface area (Å²) in [4.78, 5) is 9.69. The van der Waals surface area contributed by atoms with Crippen molar-refractivity contribution in [2.45, 2.75) is 6.42 Å². The molecule has 60 valence electrons. The molecule has 0 atom stereocenters. The summed E-state index contributed by atoms with van der Waals surface area (Å²) >= 11 is 6.93. The van der Waals surface area contributed by atoms with E-state index in [4.69, 9.17) is 9.78 Å². The maximum Gasteiger partial charge on any atom is 0.0895 e. The molecule has 0 aromatic carbocycles. The normalized spacial score (nSPS) is 24.6. The van der Waals surface area contributed by atoms with Gasteiger partial charge in [-0.1, -0.05) is 31.9 Å². The lowest BCUT2D eigenvalue weighted by molar-refractivity contribution is -0.334. The summed E-state index contributed by atoms with van der Waals surface area (Å²) in [5.41, 5.74) is 0.248. The van der Waals surface area contributed by atoms with Gasteiger partial charge in [-0.2, -0.15) is 0 Å². The van der Waals surface area contributed by atoms with Crippen LogP contribution in [0.1, 0.15) is 6.42 Å². The summed E-state index contributed by atoms with van der Waals surface area (Å²) in [5, 5.41) is 1.93. The zero-order chi connectivity index (χ0) is 7.45. The van der Waals surface area contributed by atoms with Gasteiger partial charge in [0, 0.05) is 16.1 Å². The predicted octanol–water partition coefficient (Wildman–Crippen LogP) is 2.11. The van der Waals surface area contributed by atoms with Gasteiger partial charge in [0.05, 0.1) is 13.2 Å². The molecule has 2 nitrogen and oxygen atoms in total. The smallest absolute Gasteiger partial charge is 0.0895 e. The molecule has 1 saturated heterocycles. The van der Waals surface area contributed by atoms with Gasteiger partial charge in [-0.3, -0.25) is 0 Å². The number of hydrogen-bond donors (Lipinski definition) is 0. The second-order valence-electron chi connectivity index (χ2n) is 2.60. The Balaban J connectivity index is 2.44. The van der Waals surface area contributed by atoms with Crippen molar-refractivity contribution in [3.8, 4) is 0 Å². The van der Waals surface area contributed by atoms with E-state index < -0.39 is 0 Å². The fourth-order valence-electron chi connectivity index (χ4n) is 0.802. The second kappa shape index (κ2) is 4.04. The maximum absolute atomic E-state index is 4.91. The van der Waals surface area contributed by atoms with Crippen LogP contribution >= 0.6 is 31.9 Å². The molecule has 0 aliphatic carbocycles. The van der Waals surface area contributed by atoms with Crippen LogP contribution in [0, 0.1) is 5.41 Å². The van der Waals surface area contributed by atoms with Gasteiger partial charge in [0.25, 0.3) is 0 Å². The molecule has 4 heteroatoms. The molecule has 0 N–H and O–H groups in total. The Bertz CT molecular complexity index is 95.9. The Hall–Kier alpha value is 0.880. The van der Waals surface area contributed by atoms with Crippen LogP contribution in [-0.4, -0.2) is 23.9 Å². The third-order valence-corrected chi connectivity index (χ3v) is 4.11. The highest BCUT2D eigenvalue weighted by molar-refractivity contribution is 9.09. The van der Waals surface area contributed by atoms with Gasteiger partial charge in [-0.05, 0) is 6.42 Å². The fraction of sp³-hybridized carbons (Fsp3) is 1.00. The molecule has 1 fully saturated rings. The molecular weight excluding hydrogens is 264 g/mol. The van der Waals surface area contributed by atoms with E-state index in [0.29, 0.717) is 13.2 Å². The first-order chi connectivity index (χ1) is 4.83. The van der Waals surface area contributed by atoms with Gasteiger partial charge >= 0.3 is 0 Å². The van der Waals surface area contributed by atoms with Crippen molar-refractivity contribution in [3.63, 3.8) is 0 Å². The van der Waals surface area contributed by atoms with Gasteiger partial charge in [0.15, 0.2) is 0 Å². The molecule has 1 aliphatic rings. The molecule has 1 rings (SSSR count). The molecule has 0 aromatic heterocycles. The van der Waals surface area contributed by atoms with Crippen LogP contribution in [0.25, 0.3) is 0 Å². The first kappa shape index (κ1) is 8.97. The van der Waals surface area contributed by atoms with Crippen molar-refractivity contribution in [1.82, 2.24) is 0 Å². The zero-order valence-corrected chi connectivity index (χ0v) is 8.78. The fourth-order valence-corrected chi connectivity index (χ4v) is 2.62. The monoisotopic (exact) mass is 272 g/mol. The summed E-state index contributed by atoms with van der Waals surface area (Å²) in [7, 11) is 0. The van der Waals surface area contributed by atoms with E-state index in [-0.39, 0.29) is 5.41 Å². The first-order valence-electron chi connectivity index (χ1n) is 3.19. The molecule has 0 spiro atoms. The molecule has 1 heterocycles. The van der Waals surface area contributed by atoms with Gasteiger partial charge in [-0.25, -0.2) is 9.78 Å². The molecule has 0 bridgehead atoms. The molecule has 0 radical (unpaired) electrons. The van der Waals surface area contributed by atoms with Gasteiger partial charge < -0.3 is 0 Å². The lowest BCUT2D eigenvalue weighted by atomic mass is 9.90. The standard InChI is InChI=1S/C6H10Br2O2/c7-3-6(4-8)1-2-9-10-5-6/h1-5H2. The predicted molar refractivity (Wildman–Crippen MR) is 46.5 cm³/mol. The van der Waals surface area contributed by atoms with Gasteiger partial charge in [0.2, 0.25) is 0 Å². The molecule has 0 amide bonds. The molecule has 1 aliphatic heterocycles. The Morgan fingerprint density at radius 3 is 2.20 bits per heavy atom. The van der Waals surface area contributed by atoms with Crippen LogP contribution in [0.5, 0.6) is 0 Å². The minimum atomic E-state index is 0.248. The van der Waals surface area contributed by atoms with E-state index in [1.165, 1.54) is 0 Å². The highest BCUT2D eigenvalue weighted by Crippen LogP contribution is 2.30. The lowest BCUT2D eigenvalue weighted by Gasteiger charge is -2.32. The van der Waals surface area contributed by atoms with E-state index in [2.05, 4.69) is 31.9 Å². The zero-order valence-electron chi connectivity index (χ0n) is 5.61. The maximum atomic E-state index is 4.91. The van der Waals surface area contributed by atoms with E-state index in [0.717, 1.165) is 17.1 Å². The van der Waals surface area contributed by atoms with Crippen molar-refractivity contribution >= 4 is 31.9 Å². The third-order valence-electron chi connectivity index (χ3n) is 1.73.